The van der Waals surface area contributed by atoms with Gasteiger partial charge in [-0.15, -0.1) is 0 Å². The van der Waals surface area contributed by atoms with Crippen molar-refractivity contribution < 1.29 is 8.78 Å². The van der Waals surface area contributed by atoms with Crippen molar-refractivity contribution in [1.29, 1.82) is 0 Å². The number of hydrogen-bond donors (Lipinski definition) is 1. The summed E-state index contributed by atoms with van der Waals surface area (Å²) < 4.78 is 26.8. The van der Waals surface area contributed by atoms with Gasteiger partial charge in [0.05, 0.1) is 5.02 Å². The molecule has 0 unspecified atom stereocenters. The first-order chi connectivity index (χ1) is 9.88. The lowest BCUT2D eigenvalue weighted by atomic mass is 9.97. The average molecular weight is 310 g/mol. The third kappa shape index (κ3) is 3.80. The second-order valence-electron chi connectivity index (χ2n) is 5.44. The molecular weight excluding hydrogens is 292 g/mol. The first-order valence-electron chi connectivity index (χ1n) is 6.86. The quantitative estimate of drug-likeness (QED) is 0.776. The van der Waals surface area contributed by atoms with E-state index in [1.54, 1.807) is 0 Å². The van der Waals surface area contributed by atoms with Crippen molar-refractivity contribution in [2.24, 2.45) is 0 Å². The van der Waals surface area contributed by atoms with E-state index in [4.69, 9.17) is 11.6 Å². The molecule has 2 rings (SSSR count). The Kier molecular flexibility index (Phi) is 4.96. The summed E-state index contributed by atoms with van der Waals surface area (Å²) in [5.74, 6) is -1.82. The van der Waals surface area contributed by atoms with Gasteiger partial charge in [0.1, 0.15) is 0 Å². The number of rotatable bonds is 4. The van der Waals surface area contributed by atoms with Crippen molar-refractivity contribution in [3.8, 4) is 11.1 Å². The lowest BCUT2D eigenvalue weighted by Gasteiger charge is -2.15. The van der Waals surface area contributed by atoms with Crippen LogP contribution in [-0.2, 0) is 6.54 Å². The van der Waals surface area contributed by atoms with E-state index in [9.17, 15) is 8.78 Å². The molecule has 2 aromatic rings. The third-order valence-corrected chi connectivity index (χ3v) is 3.58. The number of hydrogen-bond acceptors (Lipinski definition) is 1. The summed E-state index contributed by atoms with van der Waals surface area (Å²) in [6, 6.07) is 8.43. The van der Waals surface area contributed by atoms with Gasteiger partial charge in [-0.2, -0.15) is 0 Å². The minimum atomic E-state index is -0.932. The smallest absolute Gasteiger partial charge is 0.160 e. The number of benzene rings is 2. The van der Waals surface area contributed by atoms with Gasteiger partial charge in [0.2, 0.25) is 0 Å². The molecule has 0 aliphatic heterocycles. The zero-order valence-corrected chi connectivity index (χ0v) is 13.1. The van der Waals surface area contributed by atoms with Crippen molar-refractivity contribution in [1.82, 2.24) is 5.32 Å². The summed E-state index contributed by atoms with van der Waals surface area (Å²) in [5, 5.41) is 3.54. The highest BCUT2D eigenvalue weighted by atomic mass is 35.5. The summed E-state index contributed by atoms with van der Waals surface area (Å²) >= 11 is 6.10. The molecule has 0 aliphatic rings. The van der Waals surface area contributed by atoms with Gasteiger partial charge in [-0.1, -0.05) is 49.2 Å². The number of halogens is 3. The van der Waals surface area contributed by atoms with E-state index in [1.165, 1.54) is 0 Å². The fourth-order valence-electron chi connectivity index (χ4n) is 2.14. The topological polar surface area (TPSA) is 12.0 Å². The fourth-order valence-corrected chi connectivity index (χ4v) is 2.39. The Hall–Kier alpha value is -1.45. The van der Waals surface area contributed by atoms with Gasteiger partial charge in [0.15, 0.2) is 11.6 Å². The van der Waals surface area contributed by atoms with E-state index in [0.29, 0.717) is 18.2 Å². The molecule has 1 nitrogen and oxygen atoms in total. The monoisotopic (exact) mass is 309 g/mol. The molecule has 0 heterocycles. The van der Waals surface area contributed by atoms with Crippen molar-refractivity contribution in [3.63, 3.8) is 0 Å². The first kappa shape index (κ1) is 15.9. The van der Waals surface area contributed by atoms with Crippen LogP contribution in [0.1, 0.15) is 25.0 Å². The minimum absolute atomic E-state index is 0.213. The molecule has 112 valence electrons. The largest absolute Gasteiger partial charge is 0.310 e. The molecule has 0 saturated heterocycles. The Balaban J connectivity index is 2.51. The molecule has 0 radical (unpaired) electrons. The molecule has 0 fully saturated rings. The van der Waals surface area contributed by atoms with Crippen LogP contribution in [0.2, 0.25) is 5.02 Å². The maximum absolute atomic E-state index is 13.5. The maximum Gasteiger partial charge on any atom is 0.160 e. The highest BCUT2D eigenvalue weighted by Gasteiger charge is 2.13. The maximum atomic E-state index is 13.5. The van der Waals surface area contributed by atoms with Crippen LogP contribution in [0.5, 0.6) is 0 Å². The van der Waals surface area contributed by atoms with Gasteiger partial charge >= 0.3 is 0 Å². The minimum Gasteiger partial charge on any atom is -0.310 e. The Morgan fingerprint density at radius 1 is 1.05 bits per heavy atom. The average Bonchev–Trinajstić information content (AvgIpc) is 2.41. The van der Waals surface area contributed by atoms with Gasteiger partial charge in [-0.05, 0) is 30.2 Å². The Bertz CT molecular complexity index is 653. The molecule has 1 N–H and O–H groups in total. The Morgan fingerprint density at radius 2 is 1.71 bits per heavy atom. The van der Waals surface area contributed by atoms with E-state index in [0.717, 1.165) is 28.8 Å². The summed E-state index contributed by atoms with van der Waals surface area (Å²) in [6.45, 7) is 6.70. The van der Waals surface area contributed by atoms with Gasteiger partial charge in [-0.25, -0.2) is 8.78 Å². The molecule has 0 atom stereocenters. The molecular formula is C17H18ClF2N. The SMILES string of the molecule is Cc1ccc(CNC(C)C)c(-c2cc(F)c(F)cc2Cl)c1. The summed E-state index contributed by atoms with van der Waals surface area (Å²) in [5.41, 5.74) is 3.38. The zero-order valence-electron chi connectivity index (χ0n) is 12.3. The van der Waals surface area contributed by atoms with Crippen LogP contribution in [0, 0.1) is 18.6 Å². The summed E-state index contributed by atoms with van der Waals surface area (Å²) in [4.78, 5) is 0. The molecule has 0 aromatic heterocycles. The fraction of sp³-hybridized carbons (Fsp3) is 0.294. The first-order valence-corrected chi connectivity index (χ1v) is 7.24. The lowest BCUT2D eigenvalue weighted by Crippen LogP contribution is -2.22. The van der Waals surface area contributed by atoms with Crippen molar-refractivity contribution in [3.05, 3.63) is 58.1 Å². The lowest BCUT2D eigenvalue weighted by molar-refractivity contribution is 0.509. The van der Waals surface area contributed by atoms with Crippen LogP contribution in [0.25, 0.3) is 11.1 Å². The standard InChI is InChI=1S/C17H18ClF2N/c1-10(2)21-9-12-5-4-11(3)6-13(12)14-7-16(19)17(20)8-15(14)18/h4-8,10,21H,9H2,1-3H3. The summed E-state index contributed by atoms with van der Waals surface area (Å²) in [6.07, 6.45) is 0. The van der Waals surface area contributed by atoms with Crippen LogP contribution in [0.4, 0.5) is 8.78 Å². The normalized spacial score (nSPS) is 11.2. The van der Waals surface area contributed by atoms with Crippen LogP contribution < -0.4 is 5.32 Å². The molecule has 0 bridgehead atoms. The van der Waals surface area contributed by atoms with Gasteiger partial charge in [0.25, 0.3) is 0 Å². The highest BCUT2D eigenvalue weighted by Crippen LogP contribution is 2.33. The second-order valence-corrected chi connectivity index (χ2v) is 5.85. The van der Waals surface area contributed by atoms with Gasteiger partial charge in [0, 0.05) is 18.2 Å². The second kappa shape index (κ2) is 6.54. The van der Waals surface area contributed by atoms with Crippen LogP contribution >= 0.6 is 11.6 Å². The molecule has 4 heteroatoms. The molecule has 21 heavy (non-hydrogen) atoms. The molecule has 0 aliphatic carbocycles. The number of aryl methyl sites for hydroxylation is 1. The van der Waals surface area contributed by atoms with Crippen LogP contribution in [0.15, 0.2) is 30.3 Å². The van der Waals surface area contributed by atoms with Crippen molar-refractivity contribution in [2.45, 2.75) is 33.4 Å². The van der Waals surface area contributed by atoms with Crippen LogP contribution in [0.3, 0.4) is 0 Å². The Labute approximate surface area is 128 Å². The van der Waals surface area contributed by atoms with E-state index in [2.05, 4.69) is 19.2 Å². The molecule has 0 amide bonds. The van der Waals surface area contributed by atoms with Crippen LogP contribution in [-0.4, -0.2) is 6.04 Å². The number of nitrogens with one attached hydrogen (secondary N) is 1. The molecule has 0 spiro atoms. The Morgan fingerprint density at radius 3 is 2.38 bits per heavy atom. The van der Waals surface area contributed by atoms with E-state index < -0.39 is 11.6 Å². The van der Waals surface area contributed by atoms with Crippen molar-refractivity contribution >= 4 is 11.6 Å². The predicted octanol–water partition coefficient (Wildman–Crippen LogP) is 5.09. The highest BCUT2D eigenvalue weighted by molar-refractivity contribution is 6.33. The van der Waals surface area contributed by atoms with Gasteiger partial charge < -0.3 is 5.32 Å². The van der Waals surface area contributed by atoms with E-state index in [1.807, 2.05) is 25.1 Å². The van der Waals surface area contributed by atoms with E-state index in [-0.39, 0.29) is 5.02 Å². The van der Waals surface area contributed by atoms with Crippen molar-refractivity contribution in [2.75, 3.05) is 0 Å². The zero-order chi connectivity index (χ0) is 15.6. The van der Waals surface area contributed by atoms with E-state index >= 15 is 0 Å². The molecule has 0 saturated carbocycles. The summed E-state index contributed by atoms with van der Waals surface area (Å²) in [7, 11) is 0. The van der Waals surface area contributed by atoms with Gasteiger partial charge in [-0.3, -0.25) is 0 Å². The predicted molar refractivity (Wildman–Crippen MR) is 83.5 cm³/mol. The third-order valence-electron chi connectivity index (χ3n) is 3.27. The molecule has 2 aromatic carbocycles.